The number of carboxylic acids is 1. The number of anilines is 1. The van der Waals surface area contributed by atoms with Crippen LogP contribution in [-0.4, -0.2) is 22.0 Å². The Balaban J connectivity index is 2.19. The zero-order valence-electron chi connectivity index (χ0n) is 10.0. The number of nitro benzene ring substituents is 1. The molecule has 0 aliphatic heterocycles. The van der Waals surface area contributed by atoms with Crippen LogP contribution in [0.25, 0.3) is 0 Å². The van der Waals surface area contributed by atoms with Gasteiger partial charge in [0, 0.05) is 17.8 Å². The maximum absolute atomic E-state index is 13.3. The van der Waals surface area contributed by atoms with Gasteiger partial charge in [0.15, 0.2) is 0 Å². The molecule has 1 aromatic carbocycles. The molecule has 0 radical (unpaired) electrons. The Morgan fingerprint density at radius 1 is 1.42 bits per heavy atom. The Bertz CT molecular complexity index is 520. The summed E-state index contributed by atoms with van der Waals surface area (Å²) < 4.78 is 13.3. The summed E-state index contributed by atoms with van der Waals surface area (Å²) in [6, 6.07) is 2.85. The Morgan fingerprint density at radius 3 is 2.79 bits per heavy atom. The predicted molar refractivity (Wildman–Crippen MR) is 65.4 cm³/mol. The quantitative estimate of drug-likeness (QED) is 0.646. The third-order valence-electron chi connectivity index (χ3n) is 3.28. The van der Waals surface area contributed by atoms with Crippen LogP contribution in [0.3, 0.4) is 0 Å². The van der Waals surface area contributed by atoms with Crippen LogP contribution in [0, 0.1) is 21.8 Å². The number of benzene rings is 1. The van der Waals surface area contributed by atoms with Crippen molar-refractivity contribution >= 4 is 17.3 Å². The molecule has 0 saturated heterocycles. The molecule has 102 valence electrons. The van der Waals surface area contributed by atoms with Gasteiger partial charge in [0.05, 0.1) is 16.9 Å². The van der Waals surface area contributed by atoms with Crippen LogP contribution in [0.2, 0.25) is 0 Å². The summed E-state index contributed by atoms with van der Waals surface area (Å²) in [4.78, 5) is 21.0. The van der Waals surface area contributed by atoms with E-state index in [1.165, 1.54) is 6.07 Å². The van der Waals surface area contributed by atoms with Crippen molar-refractivity contribution in [3.8, 4) is 0 Å². The molecule has 0 heterocycles. The first-order valence-corrected chi connectivity index (χ1v) is 5.91. The highest BCUT2D eigenvalue weighted by molar-refractivity contribution is 5.72. The Kier molecular flexibility index (Phi) is 3.64. The average molecular weight is 268 g/mol. The van der Waals surface area contributed by atoms with Crippen LogP contribution in [-0.2, 0) is 4.79 Å². The van der Waals surface area contributed by atoms with E-state index in [0.29, 0.717) is 12.8 Å². The van der Waals surface area contributed by atoms with Crippen LogP contribution in [0.15, 0.2) is 18.2 Å². The number of non-ortho nitro benzene ring substituents is 1. The first kappa shape index (κ1) is 13.3. The summed E-state index contributed by atoms with van der Waals surface area (Å²) in [7, 11) is 0. The molecule has 2 N–H and O–H groups in total. The number of halogens is 1. The topological polar surface area (TPSA) is 92.5 Å². The minimum Gasteiger partial charge on any atom is -0.481 e. The zero-order chi connectivity index (χ0) is 14.0. The molecule has 19 heavy (non-hydrogen) atoms. The summed E-state index contributed by atoms with van der Waals surface area (Å²) in [6.07, 6.45) is 1.98. The van der Waals surface area contributed by atoms with E-state index in [-0.39, 0.29) is 17.4 Å². The number of carbonyl (C=O) groups is 1. The highest BCUT2D eigenvalue weighted by Crippen LogP contribution is 2.30. The second kappa shape index (κ2) is 5.21. The third kappa shape index (κ3) is 2.98. The predicted octanol–water partition coefficient (Wildman–Crippen LogP) is 2.40. The number of hydrogen-bond donors (Lipinski definition) is 2. The van der Waals surface area contributed by atoms with Crippen molar-refractivity contribution in [3.05, 3.63) is 34.1 Å². The van der Waals surface area contributed by atoms with E-state index in [2.05, 4.69) is 5.32 Å². The molecule has 1 aromatic rings. The van der Waals surface area contributed by atoms with Gasteiger partial charge in [-0.25, -0.2) is 4.39 Å². The molecule has 7 heteroatoms. The first-order chi connectivity index (χ1) is 8.97. The fraction of sp³-hybridized carbons (Fsp3) is 0.417. The molecule has 2 unspecified atom stereocenters. The van der Waals surface area contributed by atoms with E-state index in [1.807, 2.05) is 0 Å². The van der Waals surface area contributed by atoms with Gasteiger partial charge in [-0.3, -0.25) is 14.9 Å². The maximum Gasteiger partial charge on any atom is 0.308 e. The summed E-state index contributed by atoms with van der Waals surface area (Å²) in [5.74, 6) is -2.16. The first-order valence-electron chi connectivity index (χ1n) is 5.91. The molecule has 6 nitrogen and oxygen atoms in total. The van der Waals surface area contributed by atoms with Gasteiger partial charge in [0.2, 0.25) is 0 Å². The maximum atomic E-state index is 13.3. The molecule has 1 saturated carbocycles. The van der Waals surface area contributed by atoms with Crippen LogP contribution >= 0.6 is 0 Å². The lowest BCUT2D eigenvalue weighted by molar-refractivity contribution is -0.385. The van der Waals surface area contributed by atoms with E-state index < -0.39 is 22.6 Å². The van der Waals surface area contributed by atoms with Crippen LogP contribution < -0.4 is 5.32 Å². The molecule has 0 bridgehead atoms. The number of nitro groups is 1. The van der Waals surface area contributed by atoms with Crippen LogP contribution in [0.5, 0.6) is 0 Å². The third-order valence-corrected chi connectivity index (χ3v) is 3.28. The summed E-state index contributed by atoms with van der Waals surface area (Å²) in [5.41, 5.74) is -0.114. The summed E-state index contributed by atoms with van der Waals surface area (Å²) in [5, 5.41) is 22.6. The standard InChI is InChI=1S/C12H13FN2O4/c13-7-4-8(6-9(5-7)15(18)19)14-11-3-1-2-10(11)12(16)17/h4-6,10-11,14H,1-3H2,(H,16,17). The normalized spacial score (nSPS) is 22.2. The average Bonchev–Trinajstić information content (AvgIpc) is 2.76. The molecule has 2 atom stereocenters. The number of hydrogen-bond acceptors (Lipinski definition) is 4. The number of rotatable bonds is 4. The summed E-state index contributed by atoms with van der Waals surface area (Å²) in [6.45, 7) is 0. The Hall–Kier alpha value is -2.18. The lowest BCUT2D eigenvalue weighted by atomic mass is 10.0. The second-order valence-electron chi connectivity index (χ2n) is 4.58. The van der Waals surface area contributed by atoms with Gasteiger partial charge in [-0.2, -0.15) is 0 Å². The molecule has 1 aliphatic carbocycles. The van der Waals surface area contributed by atoms with E-state index in [0.717, 1.165) is 18.6 Å². The molecule has 1 fully saturated rings. The summed E-state index contributed by atoms with van der Waals surface area (Å²) >= 11 is 0. The highest BCUT2D eigenvalue weighted by Gasteiger charge is 2.33. The lowest BCUT2D eigenvalue weighted by Crippen LogP contribution is -2.29. The molecule has 2 rings (SSSR count). The van der Waals surface area contributed by atoms with Gasteiger partial charge < -0.3 is 10.4 Å². The van der Waals surface area contributed by atoms with E-state index in [4.69, 9.17) is 5.11 Å². The number of aliphatic carboxylic acids is 1. The smallest absolute Gasteiger partial charge is 0.308 e. The molecular formula is C12H13FN2O4. The van der Waals surface area contributed by atoms with Crippen molar-refractivity contribution in [1.82, 2.24) is 0 Å². The SMILES string of the molecule is O=C(O)C1CCCC1Nc1cc(F)cc([N+](=O)[O-])c1. The fourth-order valence-electron chi connectivity index (χ4n) is 2.41. The second-order valence-corrected chi connectivity index (χ2v) is 4.58. The fourth-order valence-corrected chi connectivity index (χ4v) is 2.41. The molecule has 0 aromatic heterocycles. The van der Waals surface area contributed by atoms with E-state index in [9.17, 15) is 19.3 Å². The van der Waals surface area contributed by atoms with Crippen molar-refractivity contribution < 1.29 is 19.2 Å². The highest BCUT2D eigenvalue weighted by atomic mass is 19.1. The van der Waals surface area contributed by atoms with Gasteiger partial charge in [0.25, 0.3) is 5.69 Å². The minimum atomic E-state index is -0.902. The number of nitrogens with one attached hydrogen (secondary N) is 1. The number of carboxylic acid groups (broad SMARTS) is 1. The van der Waals surface area contributed by atoms with Gasteiger partial charge >= 0.3 is 5.97 Å². The minimum absolute atomic E-state index is 0.241. The van der Waals surface area contributed by atoms with Gasteiger partial charge in [-0.15, -0.1) is 0 Å². The molecule has 1 aliphatic rings. The molecular weight excluding hydrogens is 255 g/mol. The Labute approximate surface area is 108 Å². The Morgan fingerprint density at radius 2 is 2.16 bits per heavy atom. The van der Waals surface area contributed by atoms with Gasteiger partial charge in [-0.05, 0) is 18.9 Å². The largest absolute Gasteiger partial charge is 0.481 e. The monoisotopic (exact) mass is 268 g/mol. The zero-order valence-corrected chi connectivity index (χ0v) is 10.0. The van der Waals surface area contributed by atoms with Crippen molar-refractivity contribution in [3.63, 3.8) is 0 Å². The molecule has 0 spiro atoms. The molecule has 0 amide bonds. The van der Waals surface area contributed by atoms with Crippen molar-refractivity contribution in [2.24, 2.45) is 5.92 Å². The van der Waals surface area contributed by atoms with E-state index >= 15 is 0 Å². The lowest BCUT2D eigenvalue weighted by Gasteiger charge is -2.18. The van der Waals surface area contributed by atoms with Gasteiger partial charge in [0.1, 0.15) is 5.82 Å². The van der Waals surface area contributed by atoms with Gasteiger partial charge in [-0.1, -0.05) is 6.42 Å². The van der Waals surface area contributed by atoms with Crippen molar-refractivity contribution in [2.75, 3.05) is 5.32 Å². The van der Waals surface area contributed by atoms with Crippen LogP contribution in [0.4, 0.5) is 15.8 Å². The van der Waals surface area contributed by atoms with Crippen molar-refractivity contribution in [1.29, 1.82) is 0 Å². The number of nitrogens with zero attached hydrogens (tertiary/aromatic N) is 1. The van der Waals surface area contributed by atoms with Crippen LogP contribution in [0.1, 0.15) is 19.3 Å². The van der Waals surface area contributed by atoms with Crippen molar-refractivity contribution in [2.45, 2.75) is 25.3 Å². The van der Waals surface area contributed by atoms with E-state index in [1.54, 1.807) is 0 Å².